The van der Waals surface area contributed by atoms with Gasteiger partial charge in [0.25, 0.3) is 5.56 Å². The van der Waals surface area contributed by atoms with E-state index in [4.69, 9.17) is 0 Å². The predicted octanol–water partition coefficient (Wildman–Crippen LogP) is 3.93. The van der Waals surface area contributed by atoms with Gasteiger partial charge in [-0.1, -0.05) is 24.3 Å². The molecule has 3 heterocycles. The second kappa shape index (κ2) is 6.90. The molecule has 0 aliphatic heterocycles. The molecule has 0 amide bonds. The fraction of sp³-hybridized carbons (Fsp3) is 0.200. The zero-order valence-electron chi connectivity index (χ0n) is 14.7. The molecule has 0 saturated carbocycles. The van der Waals surface area contributed by atoms with Crippen molar-refractivity contribution in [3.8, 4) is 5.69 Å². The number of fused-ring (bicyclic) bond motifs is 1. The number of thiophene rings is 1. The van der Waals surface area contributed by atoms with E-state index in [1.165, 1.54) is 4.88 Å². The number of H-pyrrole nitrogens is 1. The van der Waals surface area contributed by atoms with Crippen LogP contribution >= 0.6 is 11.3 Å². The summed E-state index contributed by atoms with van der Waals surface area (Å²) in [7, 11) is 0. The van der Waals surface area contributed by atoms with Crippen molar-refractivity contribution in [1.82, 2.24) is 20.1 Å². The third-order valence-electron chi connectivity index (χ3n) is 4.52. The molecule has 0 aliphatic rings. The van der Waals surface area contributed by atoms with Crippen molar-refractivity contribution in [3.05, 3.63) is 80.4 Å². The summed E-state index contributed by atoms with van der Waals surface area (Å²) in [6.07, 6.45) is 0. The number of aromatic amines is 1. The summed E-state index contributed by atoms with van der Waals surface area (Å²) in [5.74, 6) is 0. The number of nitrogens with zero attached hydrogens (tertiary/aromatic N) is 2. The maximum atomic E-state index is 12.6. The van der Waals surface area contributed by atoms with E-state index in [1.54, 1.807) is 16.0 Å². The maximum Gasteiger partial charge on any atom is 0.254 e. The van der Waals surface area contributed by atoms with E-state index in [0.29, 0.717) is 6.54 Å². The molecule has 0 aliphatic carbocycles. The molecule has 132 valence electrons. The van der Waals surface area contributed by atoms with Gasteiger partial charge in [-0.25, -0.2) is 4.68 Å². The van der Waals surface area contributed by atoms with Crippen LogP contribution in [0.1, 0.15) is 29.1 Å². The van der Waals surface area contributed by atoms with Gasteiger partial charge >= 0.3 is 0 Å². The zero-order chi connectivity index (χ0) is 18.1. The first-order chi connectivity index (χ1) is 12.6. The second-order valence-corrected chi connectivity index (χ2v) is 7.32. The molecule has 3 aromatic heterocycles. The normalized spacial score (nSPS) is 12.5. The lowest BCUT2D eigenvalue weighted by atomic mass is 10.2. The smallest absolute Gasteiger partial charge is 0.254 e. The van der Waals surface area contributed by atoms with Gasteiger partial charge in [-0.3, -0.25) is 4.79 Å². The molecule has 0 spiro atoms. The number of pyridine rings is 1. The van der Waals surface area contributed by atoms with Crippen molar-refractivity contribution < 1.29 is 0 Å². The minimum Gasteiger partial charge on any atom is -0.306 e. The summed E-state index contributed by atoms with van der Waals surface area (Å²) in [6, 6.07) is 16.1. The molecule has 5 nitrogen and oxygen atoms in total. The molecule has 4 rings (SSSR count). The quantitative estimate of drug-likeness (QED) is 0.564. The number of para-hydroxylation sites is 1. The van der Waals surface area contributed by atoms with Crippen LogP contribution in [0.3, 0.4) is 0 Å². The number of benzene rings is 1. The Morgan fingerprint density at radius 1 is 1.23 bits per heavy atom. The molecular formula is C20H20N4OS. The first-order valence-corrected chi connectivity index (χ1v) is 9.45. The number of aryl methyl sites for hydroxylation is 1. The van der Waals surface area contributed by atoms with E-state index in [0.717, 1.165) is 28.0 Å². The van der Waals surface area contributed by atoms with Gasteiger partial charge in [0.2, 0.25) is 0 Å². The summed E-state index contributed by atoms with van der Waals surface area (Å²) in [5, 5.41) is 11.1. The van der Waals surface area contributed by atoms with Gasteiger partial charge in [-0.05, 0) is 43.5 Å². The summed E-state index contributed by atoms with van der Waals surface area (Å²) < 4.78 is 1.79. The summed E-state index contributed by atoms with van der Waals surface area (Å²) in [5.41, 5.74) is 3.19. The number of hydrogen-bond acceptors (Lipinski definition) is 4. The van der Waals surface area contributed by atoms with E-state index < -0.39 is 0 Å². The van der Waals surface area contributed by atoms with Crippen LogP contribution in [0.5, 0.6) is 0 Å². The molecule has 0 bridgehead atoms. The lowest BCUT2D eigenvalue weighted by Gasteiger charge is -2.12. The van der Waals surface area contributed by atoms with Gasteiger partial charge < -0.3 is 10.3 Å². The van der Waals surface area contributed by atoms with Crippen molar-refractivity contribution in [2.45, 2.75) is 26.4 Å². The van der Waals surface area contributed by atoms with Gasteiger partial charge in [-0.15, -0.1) is 11.3 Å². The first kappa shape index (κ1) is 16.8. The van der Waals surface area contributed by atoms with E-state index in [1.807, 2.05) is 49.4 Å². The molecule has 0 saturated heterocycles. The summed E-state index contributed by atoms with van der Waals surface area (Å²) >= 11 is 1.71. The second-order valence-electron chi connectivity index (χ2n) is 6.34. The largest absolute Gasteiger partial charge is 0.306 e. The highest BCUT2D eigenvalue weighted by Crippen LogP contribution is 2.21. The summed E-state index contributed by atoms with van der Waals surface area (Å²) in [4.78, 5) is 16.9. The number of nitrogens with one attached hydrogen (secondary N) is 2. The van der Waals surface area contributed by atoms with Crippen molar-refractivity contribution in [1.29, 1.82) is 0 Å². The van der Waals surface area contributed by atoms with Gasteiger partial charge in [-0.2, -0.15) is 5.10 Å². The Bertz CT molecular complexity index is 1080. The van der Waals surface area contributed by atoms with Crippen LogP contribution in [0.2, 0.25) is 0 Å². The van der Waals surface area contributed by atoms with Crippen LogP contribution in [0.4, 0.5) is 0 Å². The van der Waals surface area contributed by atoms with E-state index in [9.17, 15) is 4.79 Å². The SMILES string of the molecule is Cc1nn(-c2ccccc2)c2[nH]c(=O)c(CN[C@@H](C)c3cccs3)cc12. The van der Waals surface area contributed by atoms with Crippen molar-refractivity contribution in [3.63, 3.8) is 0 Å². The summed E-state index contributed by atoms with van der Waals surface area (Å²) in [6.45, 7) is 4.59. The highest BCUT2D eigenvalue weighted by atomic mass is 32.1. The van der Waals surface area contributed by atoms with Gasteiger partial charge in [0.05, 0.1) is 11.4 Å². The molecule has 0 radical (unpaired) electrons. The Balaban J connectivity index is 1.67. The number of rotatable bonds is 5. The minimum absolute atomic E-state index is 0.0829. The molecular weight excluding hydrogens is 344 g/mol. The average molecular weight is 364 g/mol. The van der Waals surface area contributed by atoms with Crippen LogP contribution in [0.15, 0.2) is 58.7 Å². The molecule has 6 heteroatoms. The molecule has 26 heavy (non-hydrogen) atoms. The minimum atomic E-state index is -0.0829. The Morgan fingerprint density at radius 2 is 2.04 bits per heavy atom. The lowest BCUT2D eigenvalue weighted by Crippen LogP contribution is -2.23. The van der Waals surface area contributed by atoms with Crippen LogP contribution in [-0.4, -0.2) is 14.8 Å². The molecule has 0 fully saturated rings. The Kier molecular flexibility index (Phi) is 4.44. The lowest BCUT2D eigenvalue weighted by molar-refractivity contribution is 0.580. The zero-order valence-corrected chi connectivity index (χ0v) is 15.5. The number of aromatic nitrogens is 3. The average Bonchev–Trinajstić information content (AvgIpc) is 3.29. The Hall–Kier alpha value is -2.70. The van der Waals surface area contributed by atoms with Crippen LogP contribution in [-0.2, 0) is 6.54 Å². The Labute approximate surface area is 155 Å². The van der Waals surface area contributed by atoms with Gasteiger partial charge in [0, 0.05) is 28.4 Å². The molecule has 2 N–H and O–H groups in total. The number of hydrogen-bond donors (Lipinski definition) is 2. The van der Waals surface area contributed by atoms with Crippen molar-refractivity contribution in [2.75, 3.05) is 0 Å². The van der Waals surface area contributed by atoms with Crippen LogP contribution in [0.25, 0.3) is 16.7 Å². The predicted molar refractivity (Wildman–Crippen MR) is 106 cm³/mol. The van der Waals surface area contributed by atoms with Crippen LogP contribution < -0.4 is 10.9 Å². The third kappa shape index (κ3) is 3.09. The van der Waals surface area contributed by atoms with Crippen molar-refractivity contribution in [2.24, 2.45) is 0 Å². The first-order valence-electron chi connectivity index (χ1n) is 8.57. The monoisotopic (exact) mass is 364 g/mol. The van der Waals surface area contributed by atoms with Crippen molar-refractivity contribution >= 4 is 22.4 Å². The van der Waals surface area contributed by atoms with E-state index >= 15 is 0 Å². The van der Waals surface area contributed by atoms with E-state index in [2.05, 4.69) is 33.8 Å². The van der Waals surface area contributed by atoms with Gasteiger partial charge in [0.1, 0.15) is 5.65 Å². The standard InChI is InChI=1S/C20H20N4OS/c1-13-17-11-15(12-21-14(2)18-9-6-10-26-18)20(25)22-19(17)24(23-13)16-7-4-3-5-8-16/h3-11,14,21H,12H2,1-2H3,(H,22,25)/t14-/m0/s1. The van der Waals surface area contributed by atoms with Crippen LogP contribution in [0, 0.1) is 6.92 Å². The highest BCUT2D eigenvalue weighted by Gasteiger charge is 2.13. The van der Waals surface area contributed by atoms with Gasteiger partial charge in [0.15, 0.2) is 0 Å². The molecule has 1 atom stereocenters. The third-order valence-corrected chi connectivity index (χ3v) is 5.57. The molecule has 0 unspecified atom stereocenters. The molecule has 1 aromatic carbocycles. The highest BCUT2D eigenvalue weighted by molar-refractivity contribution is 7.10. The fourth-order valence-electron chi connectivity index (χ4n) is 3.05. The van der Waals surface area contributed by atoms with E-state index in [-0.39, 0.29) is 11.6 Å². The fourth-order valence-corrected chi connectivity index (χ4v) is 3.81. The molecule has 4 aromatic rings. The topological polar surface area (TPSA) is 62.7 Å². The Morgan fingerprint density at radius 3 is 2.77 bits per heavy atom. The maximum absolute atomic E-state index is 12.6.